The second-order valence-corrected chi connectivity index (χ2v) is 16.0. The highest BCUT2D eigenvalue weighted by atomic mass is 16.5. The lowest BCUT2D eigenvalue weighted by Crippen LogP contribution is -2.64. The Morgan fingerprint density at radius 1 is 0.947 bits per heavy atom. The van der Waals surface area contributed by atoms with Crippen LogP contribution in [0.1, 0.15) is 119 Å². The third kappa shape index (κ3) is 3.87. The minimum atomic E-state index is -1.13. The molecule has 0 saturated heterocycles. The Labute approximate surface area is 229 Å². The van der Waals surface area contributed by atoms with Gasteiger partial charge in [-0.15, -0.1) is 0 Å². The minimum Gasteiger partial charge on any atom is -0.481 e. The molecule has 0 aromatic rings. The number of rotatable bonds is 4. The van der Waals surface area contributed by atoms with E-state index in [1.54, 1.807) is 5.57 Å². The fourth-order valence-electron chi connectivity index (χ4n) is 10.8. The van der Waals surface area contributed by atoms with Gasteiger partial charge in [0.15, 0.2) is 0 Å². The number of ketones is 1. The van der Waals surface area contributed by atoms with Crippen molar-refractivity contribution in [3.8, 4) is 0 Å². The summed E-state index contributed by atoms with van der Waals surface area (Å²) in [6.45, 7) is 17.1. The van der Waals surface area contributed by atoms with Gasteiger partial charge in [-0.25, -0.2) is 0 Å². The molecule has 1 N–H and O–H groups in total. The van der Waals surface area contributed by atoms with E-state index < -0.39 is 18.4 Å². The number of esters is 1. The molecule has 0 unspecified atom stereocenters. The summed E-state index contributed by atoms with van der Waals surface area (Å²) < 4.78 is 5.71. The maximum atomic E-state index is 13.0. The molecular weight excluding hydrogens is 476 g/mol. The number of carbonyl (C=O) groups excluding carboxylic acids is 2. The smallest absolute Gasteiger partial charge is 0.317 e. The summed E-state index contributed by atoms with van der Waals surface area (Å²) in [5.41, 5.74) is 1.91. The lowest BCUT2D eigenvalue weighted by Gasteiger charge is -2.70. The van der Waals surface area contributed by atoms with Gasteiger partial charge in [0.25, 0.3) is 0 Å². The lowest BCUT2D eigenvalue weighted by atomic mass is 9.33. The molecule has 5 rings (SSSR count). The van der Waals surface area contributed by atoms with Crippen LogP contribution >= 0.6 is 0 Å². The summed E-state index contributed by atoms with van der Waals surface area (Å²) in [6.07, 6.45) is 12.4. The molecule has 0 aliphatic heterocycles. The summed E-state index contributed by atoms with van der Waals surface area (Å²) in [4.78, 5) is 36.4. The largest absolute Gasteiger partial charge is 0.481 e. The molecule has 4 fully saturated rings. The highest BCUT2D eigenvalue weighted by Gasteiger charge is 2.68. The molecule has 0 amide bonds. The van der Waals surface area contributed by atoms with Crippen LogP contribution in [0.25, 0.3) is 0 Å². The van der Waals surface area contributed by atoms with Crippen molar-refractivity contribution in [2.45, 2.75) is 119 Å². The van der Waals surface area contributed by atoms with Gasteiger partial charge in [0.1, 0.15) is 12.2 Å². The lowest BCUT2D eigenvalue weighted by molar-refractivity contribution is -0.188. The molecule has 5 aliphatic rings. The van der Waals surface area contributed by atoms with Crippen molar-refractivity contribution >= 4 is 17.7 Å². The Kier molecular flexibility index (Phi) is 6.37. The van der Waals surface area contributed by atoms with Crippen LogP contribution < -0.4 is 0 Å². The van der Waals surface area contributed by atoms with Crippen LogP contribution in [0.5, 0.6) is 0 Å². The Bertz CT molecular complexity index is 1070. The summed E-state index contributed by atoms with van der Waals surface area (Å²) in [6, 6.07) is 0. The first-order valence-corrected chi connectivity index (χ1v) is 15.1. The quantitative estimate of drug-likeness (QED) is 0.235. The Morgan fingerprint density at radius 2 is 1.63 bits per heavy atom. The fraction of sp³-hybridized carbons (Fsp3) is 0.848. The molecule has 0 aromatic carbocycles. The summed E-state index contributed by atoms with van der Waals surface area (Å²) in [5, 5.41) is 9.07. The van der Waals surface area contributed by atoms with E-state index in [0.29, 0.717) is 36.6 Å². The van der Waals surface area contributed by atoms with Crippen molar-refractivity contribution < 1.29 is 24.2 Å². The predicted molar refractivity (Wildman–Crippen MR) is 147 cm³/mol. The molecule has 0 radical (unpaired) electrons. The predicted octanol–water partition coefficient (Wildman–Crippen LogP) is 7.38. The number of fused-ring (bicyclic) bond motifs is 7. The maximum Gasteiger partial charge on any atom is 0.317 e. The van der Waals surface area contributed by atoms with Gasteiger partial charge in [-0.05, 0) is 97.2 Å². The van der Waals surface area contributed by atoms with Crippen molar-refractivity contribution in [1.82, 2.24) is 0 Å². The molecule has 5 heteroatoms. The van der Waals surface area contributed by atoms with Gasteiger partial charge in [0.2, 0.25) is 0 Å². The van der Waals surface area contributed by atoms with E-state index in [9.17, 15) is 14.4 Å². The van der Waals surface area contributed by atoms with E-state index in [2.05, 4.69) is 54.5 Å². The van der Waals surface area contributed by atoms with Gasteiger partial charge < -0.3 is 9.84 Å². The molecule has 38 heavy (non-hydrogen) atoms. The molecule has 5 nitrogen and oxygen atoms in total. The second kappa shape index (κ2) is 8.67. The van der Waals surface area contributed by atoms with Crippen molar-refractivity contribution in [3.63, 3.8) is 0 Å². The first-order chi connectivity index (χ1) is 17.5. The van der Waals surface area contributed by atoms with E-state index >= 15 is 0 Å². The number of carboxylic acids is 1. The molecule has 7 atom stereocenters. The maximum absolute atomic E-state index is 13.0. The second-order valence-electron chi connectivity index (χ2n) is 16.0. The molecule has 0 spiro atoms. The molecular formula is C33H50O5. The zero-order valence-electron chi connectivity index (χ0n) is 24.9. The zero-order chi connectivity index (χ0) is 27.9. The van der Waals surface area contributed by atoms with Crippen molar-refractivity contribution in [2.24, 2.45) is 50.2 Å². The molecule has 4 saturated carbocycles. The molecule has 0 heterocycles. The number of Topliss-reactive ketones (excluding diaryl/α,β-unsaturated/α-hetero) is 1. The van der Waals surface area contributed by atoms with Gasteiger partial charge >= 0.3 is 11.9 Å². The van der Waals surface area contributed by atoms with Crippen LogP contribution in [-0.2, 0) is 19.1 Å². The fourth-order valence-corrected chi connectivity index (χ4v) is 10.8. The van der Waals surface area contributed by atoms with Gasteiger partial charge in [-0.1, -0.05) is 60.1 Å². The van der Waals surface area contributed by atoms with Gasteiger partial charge in [0.05, 0.1) is 6.61 Å². The summed E-state index contributed by atoms with van der Waals surface area (Å²) >= 11 is 0. The Morgan fingerprint density at radius 3 is 2.32 bits per heavy atom. The molecule has 212 valence electrons. The SMILES string of the molecule is CC1(C)CC[C@]2(COC(=O)CC(=O)O)CC[C@]3(C)C(=CC[C@@H]4[C@@]5(C)CCC(=O)C(C)(C)[C@@H]5CC[C@]43C)[C@@H]2C1. The van der Waals surface area contributed by atoms with E-state index in [1.165, 1.54) is 6.42 Å². The van der Waals surface area contributed by atoms with Crippen molar-refractivity contribution in [2.75, 3.05) is 6.61 Å². The molecule has 0 bridgehead atoms. The normalized spacial score (nSPS) is 45.0. The minimum absolute atomic E-state index is 0.0855. The van der Waals surface area contributed by atoms with E-state index in [4.69, 9.17) is 9.84 Å². The van der Waals surface area contributed by atoms with E-state index in [0.717, 1.165) is 51.4 Å². The molecule has 5 aliphatic carbocycles. The number of hydrogen-bond donors (Lipinski definition) is 1. The number of ether oxygens (including phenoxy) is 1. The topological polar surface area (TPSA) is 80.7 Å². The van der Waals surface area contributed by atoms with Crippen molar-refractivity contribution in [1.29, 1.82) is 0 Å². The Hall–Kier alpha value is -1.65. The molecule has 0 aromatic heterocycles. The number of carbonyl (C=O) groups is 3. The highest BCUT2D eigenvalue weighted by Crippen LogP contribution is 2.75. The van der Waals surface area contributed by atoms with Crippen LogP contribution in [0.2, 0.25) is 0 Å². The number of carboxylic acid groups (broad SMARTS) is 1. The average Bonchev–Trinajstić information content (AvgIpc) is 2.81. The third-order valence-corrected chi connectivity index (χ3v) is 13.4. The van der Waals surface area contributed by atoms with Gasteiger partial charge in [0, 0.05) is 17.3 Å². The average molecular weight is 527 g/mol. The first-order valence-electron chi connectivity index (χ1n) is 15.1. The summed E-state index contributed by atoms with van der Waals surface area (Å²) in [5.74, 6) is 0.0662. The highest BCUT2D eigenvalue weighted by molar-refractivity contribution is 5.90. The zero-order valence-corrected chi connectivity index (χ0v) is 24.9. The van der Waals surface area contributed by atoms with Crippen LogP contribution in [-0.4, -0.2) is 29.4 Å². The van der Waals surface area contributed by atoms with Gasteiger partial charge in [-0.3, -0.25) is 14.4 Å². The van der Waals surface area contributed by atoms with Crippen LogP contribution in [0, 0.1) is 50.2 Å². The number of allylic oxidation sites excluding steroid dienone is 2. The number of aliphatic carboxylic acids is 1. The Balaban J connectivity index is 1.51. The first kappa shape index (κ1) is 27.9. The van der Waals surface area contributed by atoms with Crippen LogP contribution in [0.15, 0.2) is 11.6 Å². The van der Waals surface area contributed by atoms with Crippen LogP contribution in [0.4, 0.5) is 0 Å². The summed E-state index contributed by atoms with van der Waals surface area (Å²) in [7, 11) is 0. The van der Waals surface area contributed by atoms with Crippen LogP contribution in [0.3, 0.4) is 0 Å². The van der Waals surface area contributed by atoms with Gasteiger partial charge in [-0.2, -0.15) is 0 Å². The third-order valence-electron chi connectivity index (χ3n) is 13.4. The number of hydrogen-bond acceptors (Lipinski definition) is 4. The van der Waals surface area contributed by atoms with E-state index in [-0.39, 0.29) is 32.5 Å². The van der Waals surface area contributed by atoms with Crippen molar-refractivity contribution in [3.05, 3.63) is 11.6 Å². The monoisotopic (exact) mass is 526 g/mol. The standard InChI is InChI=1S/C33H50O5/c1-28(2)14-16-33(20-38-27(37)18-26(35)36)17-15-31(6)21(22(33)19-28)8-9-24-30(5)12-11-25(34)29(3,4)23(30)10-13-32(24,31)7/h8,22-24H,9-20H2,1-7H3,(H,35,36)/t22-,23-,24+,30-,31+,32+,33+/m0/s1. The van der Waals surface area contributed by atoms with E-state index in [1.807, 2.05) is 0 Å².